The zero-order chi connectivity index (χ0) is 25.4. The summed E-state index contributed by atoms with van der Waals surface area (Å²) in [6.07, 6.45) is 3.30. The van der Waals surface area contributed by atoms with Gasteiger partial charge in [0.2, 0.25) is 10.8 Å². The van der Waals surface area contributed by atoms with Crippen LogP contribution in [0.1, 0.15) is 30.3 Å². The second kappa shape index (κ2) is 10.4. The molecule has 6 rings (SSSR count). The zero-order valence-corrected chi connectivity index (χ0v) is 22.4. The lowest BCUT2D eigenvalue weighted by Crippen LogP contribution is -2.39. The number of fused-ring (bicyclic) bond motifs is 2. The van der Waals surface area contributed by atoms with Gasteiger partial charge in [-0.25, -0.2) is 9.97 Å². The fraction of sp³-hybridized carbons (Fsp3) is 0.222. The average molecular weight is 550 g/mol. The van der Waals surface area contributed by atoms with Gasteiger partial charge in [0.15, 0.2) is 0 Å². The van der Waals surface area contributed by atoms with Crippen molar-refractivity contribution < 1.29 is 4.74 Å². The zero-order valence-electron chi connectivity index (χ0n) is 20.0. The number of anilines is 2. The van der Waals surface area contributed by atoms with E-state index in [0.717, 1.165) is 23.6 Å². The number of aromatic amines is 1. The Bertz CT molecular complexity index is 1510. The first-order chi connectivity index (χ1) is 18.0. The van der Waals surface area contributed by atoms with Crippen molar-refractivity contribution in [3.8, 4) is 0 Å². The molecule has 0 saturated carbocycles. The van der Waals surface area contributed by atoms with Crippen LogP contribution in [0.3, 0.4) is 0 Å². The molecule has 2 unspecified atom stereocenters. The molecule has 10 heteroatoms. The molecule has 0 aliphatic carbocycles. The number of nitrogens with zero attached hydrogens (tertiary/aromatic N) is 3. The van der Waals surface area contributed by atoms with E-state index in [-0.39, 0.29) is 23.0 Å². The molecule has 0 bridgehead atoms. The Morgan fingerprint density at radius 3 is 2.92 bits per heavy atom. The number of hydrogen-bond acceptors (Lipinski definition) is 8. The second-order valence-corrected chi connectivity index (χ2v) is 11.3. The van der Waals surface area contributed by atoms with Crippen LogP contribution in [0.25, 0.3) is 0 Å². The molecule has 2 aromatic carbocycles. The highest BCUT2D eigenvalue weighted by atomic mass is 35.5. The van der Waals surface area contributed by atoms with Gasteiger partial charge in [0.25, 0.3) is 0 Å². The summed E-state index contributed by atoms with van der Waals surface area (Å²) in [5.41, 5.74) is 3.89. The van der Waals surface area contributed by atoms with Crippen molar-refractivity contribution in [1.82, 2.24) is 15.0 Å². The topological polar surface area (TPSA) is 83.1 Å². The highest BCUT2D eigenvalue weighted by molar-refractivity contribution is 8.05. The molecule has 2 aliphatic heterocycles. The Labute approximate surface area is 228 Å². The minimum atomic E-state index is -0.0923. The Hall–Kier alpha value is -2.98. The highest BCUT2D eigenvalue weighted by Gasteiger charge is 2.28. The molecule has 0 spiro atoms. The molecule has 4 aromatic rings. The molecule has 1 saturated heterocycles. The summed E-state index contributed by atoms with van der Waals surface area (Å²) in [6, 6.07) is 18.3. The molecular weight excluding hydrogens is 526 g/mol. The van der Waals surface area contributed by atoms with Crippen molar-refractivity contribution in [2.24, 2.45) is 0 Å². The van der Waals surface area contributed by atoms with Gasteiger partial charge in [-0.15, -0.1) is 0 Å². The first-order valence-corrected chi connectivity index (χ1v) is 14.0. The van der Waals surface area contributed by atoms with E-state index in [1.54, 1.807) is 42.0 Å². The van der Waals surface area contributed by atoms with E-state index in [0.29, 0.717) is 13.2 Å². The predicted molar refractivity (Wildman–Crippen MR) is 148 cm³/mol. The van der Waals surface area contributed by atoms with Crippen LogP contribution in [0.4, 0.5) is 11.4 Å². The molecule has 2 N–H and O–H groups in total. The first kappa shape index (κ1) is 24.4. The number of H-pyrrole nitrogens is 1. The lowest BCUT2D eigenvalue weighted by molar-refractivity contribution is 0.0379. The Balaban J connectivity index is 1.22. The maximum atomic E-state index is 11.8. The molecule has 2 aliphatic rings. The van der Waals surface area contributed by atoms with Crippen LogP contribution in [0.15, 0.2) is 91.4 Å². The van der Waals surface area contributed by atoms with Crippen LogP contribution in [0, 0.1) is 0 Å². The first-order valence-electron chi connectivity index (χ1n) is 12.0. The van der Waals surface area contributed by atoms with Crippen molar-refractivity contribution >= 4 is 46.5 Å². The smallest absolute Gasteiger partial charge is 0.249 e. The summed E-state index contributed by atoms with van der Waals surface area (Å²) in [7, 11) is 0. The Morgan fingerprint density at radius 1 is 1.14 bits per heavy atom. The van der Waals surface area contributed by atoms with Gasteiger partial charge >= 0.3 is 0 Å². The van der Waals surface area contributed by atoms with Crippen molar-refractivity contribution in [1.29, 1.82) is 0 Å². The maximum absolute atomic E-state index is 11.8. The molecule has 1 fully saturated rings. The standard InChI is InChI=1S/C27H24ClN5O2S2/c1-16(20-8-10-30-27(28)32-20)31-17-5-6-22-24(13-17)36-23-4-2-3-19(26(23)37-22)21-15-33(11-12-35-21)18-7-9-29-25(34)14-18/h2-10,13-14,16,21,31H,11-12,15H2,1H3,(H,29,34). The van der Waals surface area contributed by atoms with Crippen molar-refractivity contribution in [2.75, 3.05) is 29.9 Å². The highest BCUT2D eigenvalue weighted by Crippen LogP contribution is 2.52. The number of benzene rings is 2. The number of pyridine rings is 1. The third-order valence-corrected chi connectivity index (χ3v) is 9.19. The average Bonchev–Trinajstić information content (AvgIpc) is 2.91. The summed E-state index contributed by atoms with van der Waals surface area (Å²) >= 11 is 9.53. The van der Waals surface area contributed by atoms with Crippen LogP contribution in [-0.4, -0.2) is 34.6 Å². The molecule has 2 aromatic heterocycles. The molecule has 0 amide bonds. The van der Waals surface area contributed by atoms with Gasteiger partial charge in [-0.05, 0) is 60.5 Å². The third-order valence-electron chi connectivity index (χ3n) is 6.40. The van der Waals surface area contributed by atoms with E-state index < -0.39 is 0 Å². The van der Waals surface area contributed by atoms with Crippen LogP contribution in [0.2, 0.25) is 5.28 Å². The van der Waals surface area contributed by atoms with Gasteiger partial charge in [0.1, 0.15) is 6.10 Å². The number of rotatable bonds is 5. The summed E-state index contributed by atoms with van der Waals surface area (Å²) in [4.78, 5) is 29.9. The van der Waals surface area contributed by atoms with Crippen molar-refractivity contribution in [3.63, 3.8) is 0 Å². The quantitative estimate of drug-likeness (QED) is 0.251. The van der Waals surface area contributed by atoms with Crippen LogP contribution >= 0.6 is 35.1 Å². The van der Waals surface area contributed by atoms with E-state index >= 15 is 0 Å². The Morgan fingerprint density at radius 2 is 2.05 bits per heavy atom. The lowest BCUT2D eigenvalue weighted by atomic mass is 10.1. The van der Waals surface area contributed by atoms with Gasteiger partial charge in [-0.3, -0.25) is 4.79 Å². The number of hydrogen-bond donors (Lipinski definition) is 2. The fourth-order valence-corrected chi connectivity index (χ4v) is 7.19. The largest absolute Gasteiger partial charge is 0.377 e. The van der Waals surface area contributed by atoms with Gasteiger partial charge in [0.05, 0.1) is 18.3 Å². The summed E-state index contributed by atoms with van der Waals surface area (Å²) in [5.74, 6) is 0. The number of nitrogens with one attached hydrogen (secondary N) is 2. The van der Waals surface area contributed by atoms with E-state index in [4.69, 9.17) is 16.3 Å². The van der Waals surface area contributed by atoms with Crippen LogP contribution in [0.5, 0.6) is 0 Å². The Kier molecular flexibility index (Phi) is 6.86. The lowest BCUT2D eigenvalue weighted by Gasteiger charge is -2.36. The van der Waals surface area contributed by atoms with E-state index in [1.165, 1.54) is 25.1 Å². The fourth-order valence-electron chi connectivity index (χ4n) is 4.58. The minimum Gasteiger partial charge on any atom is -0.377 e. The number of halogens is 1. The molecule has 2 atom stereocenters. The van der Waals surface area contributed by atoms with Gasteiger partial charge in [-0.1, -0.05) is 35.7 Å². The van der Waals surface area contributed by atoms with E-state index in [9.17, 15) is 4.79 Å². The van der Waals surface area contributed by atoms with Crippen LogP contribution in [-0.2, 0) is 4.74 Å². The molecular formula is C27H24ClN5O2S2. The van der Waals surface area contributed by atoms with Gasteiger partial charge in [-0.2, -0.15) is 0 Å². The predicted octanol–water partition coefficient (Wildman–Crippen LogP) is 6.19. The van der Waals surface area contributed by atoms with Crippen LogP contribution < -0.4 is 15.8 Å². The number of aromatic nitrogens is 3. The molecule has 4 heterocycles. The minimum absolute atomic E-state index is 0.00900. The monoisotopic (exact) mass is 549 g/mol. The van der Waals surface area contributed by atoms with Crippen molar-refractivity contribution in [3.05, 3.63) is 93.9 Å². The molecule has 188 valence electrons. The normalized spacial score (nSPS) is 17.6. The van der Waals surface area contributed by atoms with Gasteiger partial charge in [0, 0.05) is 62.5 Å². The number of morpholine rings is 1. The van der Waals surface area contributed by atoms with E-state index in [1.807, 2.05) is 12.1 Å². The molecule has 0 radical (unpaired) electrons. The van der Waals surface area contributed by atoms with Crippen molar-refractivity contribution in [2.45, 2.75) is 38.7 Å². The third kappa shape index (κ3) is 5.22. The maximum Gasteiger partial charge on any atom is 0.249 e. The number of ether oxygens (including phenoxy) is 1. The molecule has 7 nitrogen and oxygen atoms in total. The SMILES string of the molecule is CC(Nc1ccc2c(c1)Sc1cccc(C3CN(c4cc[nH]c(=O)c4)CCO3)c1S2)c1ccnc(Cl)n1. The summed E-state index contributed by atoms with van der Waals surface area (Å²) < 4.78 is 6.23. The second-order valence-electron chi connectivity index (χ2n) is 8.87. The molecule has 37 heavy (non-hydrogen) atoms. The summed E-state index contributed by atoms with van der Waals surface area (Å²) in [6.45, 7) is 4.13. The van der Waals surface area contributed by atoms with Gasteiger partial charge < -0.3 is 19.9 Å². The summed E-state index contributed by atoms with van der Waals surface area (Å²) in [5, 5.41) is 3.77. The van der Waals surface area contributed by atoms with E-state index in [2.05, 4.69) is 68.5 Å².